The smallest absolute Gasteiger partial charge is 0.408 e. The first-order valence-electron chi connectivity index (χ1n) is 3.78. The van der Waals surface area contributed by atoms with Crippen molar-refractivity contribution in [3.8, 4) is 0 Å². The van der Waals surface area contributed by atoms with Gasteiger partial charge in [-0.1, -0.05) is 11.8 Å². The third-order valence-electron chi connectivity index (χ3n) is 1.75. The average Bonchev–Trinajstić information content (AvgIpc) is 2.33. The second-order valence-corrected chi connectivity index (χ2v) is 4.04. The molecule has 0 bridgehead atoms. The maximum atomic E-state index is 10.7. The van der Waals surface area contributed by atoms with Crippen LogP contribution in [0.5, 0.6) is 0 Å². The summed E-state index contributed by atoms with van der Waals surface area (Å²) in [7, 11) is 0. The molecular weight excluding hydrogens is 178 g/mol. The summed E-state index contributed by atoms with van der Waals surface area (Å²) in [4.78, 5) is 22.6. The molecule has 1 aliphatic rings. The predicted molar refractivity (Wildman–Crippen MR) is 46.0 cm³/mol. The predicted octanol–water partition coefficient (Wildman–Crippen LogP) is 1.37. The Balaban J connectivity index is 2.52. The molecule has 68 valence electrons. The monoisotopic (exact) mass is 189 g/mol. The molecule has 1 rings (SSSR count). The van der Waals surface area contributed by atoms with Gasteiger partial charge in [-0.05, 0) is 12.8 Å². The van der Waals surface area contributed by atoms with Crippen LogP contribution in [0.3, 0.4) is 0 Å². The zero-order chi connectivity index (χ0) is 9.14. The Hall–Kier alpha value is -0.710. The van der Waals surface area contributed by atoms with Gasteiger partial charge in [-0.25, -0.2) is 4.79 Å². The maximum Gasteiger partial charge on any atom is 0.408 e. The molecule has 12 heavy (non-hydrogen) atoms. The van der Waals surface area contributed by atoms with Gasteiger partial charge in [0.05, 0.1) is 5.37 Å². The molecule has 1 atom stereocenters. The molecule has 0 aliphatic carbocycles. The van der Waals surface area contributed by atoms with E-state index in [1.54, 1.807) is 0 Å². The summed E-state index contributed by atoms with van der Waals surface area (Å²) in [6, 6.07) is 0. The third-order valence-corrected chi connectivity index (χ3v) is 2.84. The summed E-state index contributed by atoms with van der Waals surface area (Å²) in [6.45, 7) is 2.02. The van der Waals surface area contributed by atoms with Crippen molar-refractivity contribution in [1.29, 1.82) is 0 Å². The van der Waals surface area contributed by atoms with E-state index in [0.29, 0.717) is 6.54 Å². The number of likely N-dealkylation sites (tertiary alicyclic amines) is 1. The SMILES string of the molecule is CC(=O)SC1CCCN1C(=O)O. The number of hydrogen-bond acceptors (Lipinski definition) is 3. The molecule has 1 unspecified atom stereocenters. The fraction of sp³-hybridized carbons (Fsp3) is 0.714. The summed E-state index contributed by atoms with van der Waals surface area (Å²) in [5, 5.41) is 8.52. The van der Waals surface area contributed by atoms with Crippen LogP contribution >= 0.6 is 11.8 Å². The van der Waals surface area contributed by atoms with E-state index in [4.69, 9.17) is 5.11 Å². The van der Waals surface area contributed by atoms with Crippen LogP contribution < -0.4 is 0 Å². The van der Waals surface area contributed by atoms with Crippen LogP contribution in [0, 0.1) is 0 Å². The van der Waals surface area contributed by atoms with E-state index in [9.17, 15) is 9.59 Å². The van der Waals surface area contributed by atoms with E-state index in [1.165, 1.54) is 11.8 Å². The van der Waals surface area contributed by atoms with Crippen LogP contribution in [-0.2, 0) is 4.79 Å². The van der Waals surface area contributed by atoms with Gasteiger partial charge in [0.25, 0.3) is 0 Å². The quantitative estimate of drug-likeness (QED) is 0.676. The number of nitrogens with zero attached hydrogens (tertiary/aromatic N) is 1. The lowest BCUT2D eigenvalue weighted by molar-refractivity contribution is -0.109. The Bertz CT molecular complexity index is 207. The fourth-order valence-corrected chi connectivity index (χ4v) is 2.26. The maximum absolute atomic E-state index is 10.7. The van der Waals surface area contributed by atoms with Crippen molar-refractivity contribution < 1.29 is 14.7 Å². The van der Waals surface area contributed by atoms with E-state index in [-0.39, 0.29) is 10.5 Å². The standard InChI is InChI=1S/C7H11NO3S/c1-5(9)12-6-3-2-4-8(6)7(10)11/h6H,2-4H2,1H3,(H,10,11). The summed E-state index contributed by atoms with van der Waals surface area (Å²) in [5.41, 5.74) is 0. The fourth-order valence-electron chi connectivity index (χ4n) is 1.27. The number of carbonyl (C=O) groups is 2. The lowest BCUT2D eigenvalue weighted by atomic mass is 10.4. The van der Waals surface area contributed by atoms with Crippen molar-refractivity contribution in [2.45, 2.75) is 25.1 Å². The second-order valence-electron chi connectivity index (χ2n) is 2.68. The van der Waals surface area contributed by atoms with Crippen molar-refractivity contribution in [3.63, 3.8) is 0 Å². The van der Waals surface area contributed by atoms with Crippen molar-refractivity contribution in [2.75, 3.05) is 6.54 Å². The van der Waals surface area contributed by atoms with Gasteiger partial charge in [-0.15, -0.1) is 0 Å². The largest absolute Gasteiger partial charge is 0.465 e. The lowest BCUT2D eigenvalue weighted by Gasteiger charge is -2.18. The minimum Gasteiger partial charge on any atom is -0.465 e. The number of carboxylic acid groups (broad SMARTS) is 1. The number of hydrogen-bond donors (Lipinski definition) is 1. The van der Waals surface area contributed by atoms with Gasteiger partial charge in [0, 0.05) is 13.5 Å². The first-order chi connectivity index (χ1) is 5.61. The Morgan fingerprint density at radius 3 is 2.75 bits per heavy atom. The van der Waals surface area contributed by atoms with Gasteiger partial charge in [-0.3, -0.25) is 9.69 Å². The van der Waals surface area contributed by atoms with Crippen molar-refractivity contribution >= 4 is 23.0 Å². The van der Waals surface area contributed by atoms with Gasteiger partial charge in [-0.2, -0.15) is 0 Å². The Morgan fingerprint density at radius 2 is 2.25 bits per heavy atom. The molecule has 1 aliphatic heterocycles. The Morgan fingerprint density at radius 1 is 1.58 bits per heavy atom. The zero-order valence-electron chi connectivity index (χ0n) is 6.82. The van der Waals surface area contributed by atoms with E-state index >= 15 is 0 Å². The van der Waals surface area contributed by atoms with Gasteiger partial charge in [0.15, 0.2) is 5.12 Å². The third kappa shape index (κ3) is 2.14. The van der Waals surface area contributed by atoms with Crippen LogP contribution in [0.1, 0.15) is 19.8 Å². The Kier molecular flexibility index (Phi) is 2.97. The Labute approximate surface area is 74.9 Å². The van der Waals surface area contributed by atoms with Gasteiger partial charge in [0.1, 0.15) is 0 Å². The number of carbonyl (C=O) groups excluding carboxylic acids is 1. The molecule has 0 spiro atoms. The molecule has 1 saturated heterocycles. The first kappa shape index (κ1) is 9.38. The minimum atomic E-state index is -0.925. The number of amides is 1. The number of rotatable bonds is 1. The molecule has 1 N–H and O–H groups in total. The molecule has 5 heteroatoms. The summed E-state index contributed by atoms with van der Waals surface area (Å²) < 4.78 is 0. The van der Waals surface area contributed by atoms with Gasteiger partial charge < -0.3 is 5.11 Å². The first-order valence-corrected chi connectivity index (χ1v) is 4.66. The summed E-state index contributed by atoms with van der Waals surface area (Å²) in [5.74, 6) is 0. The van der Waals surface area contributed by atoms with Gasteiger partial charge >= 0.3 is 6.09 Å². The molecule has 0 radical (unpaired) electrons. The highest BCUT2D eigenvalue weighted by Gasteiger charge is 2.29. The molecule has 1 heterocycles. The van der Waals surface area contributed by atoms with Crippen molar-refractivity contribution in [1.82, 2.24) is 4.90 Å². The van der Waals surface area contributed by atoms with Crippen LogP contribution in [0.4, 0.5) is 4.79 Å². The molecule has 0 aromatic rings. The van der Waals surface area contributed by atoms with Crippen molar-refractivity contribution in [3.05, 3.63) is 0 Å². The van der Waals surface area contributed by atoms with Crippen LogP contribution in [-0.4, -0.2) is 33.1 Å². The molecule has 0 aromatic carbocycles. The average molecular weight is 189 g/mol. The molecule has 4 nitrogen and oxygen atoms in total. The minimum absolute atomic E-state index is 0.0202. The molecular formula is C7H11NO3S. The van der Waals surface area contributed by atoms with E-state index in [2.05, 4.69) is 0 Å². The van der Waals surface area contributed by atoms with Crippen LogP contribution in [0.2, 0.25) is 0 Å². The zero-order valence-corrected chi connectivity index (χ0v) is 7.63. The van der Waals surface area contributed by atoms with Crippen LogP contribution in [0.15, 0.2) is 0 Å². The van der Waals surface area contributed by atoms with Crippen molar-refractivity contribution in [2.24, 2.45) is 0 Å². The molecule has 0 saturated carbocycles. The summed E-state index contributed by atoms with van der Waals surface area (Å²) >= 11 is 1.10. The van der Waals surface area contributed by atoms with Crippen LogP contribution in [0.25, 0.3) is 0 Å². The highest BCUT2D eigenvalue weighted by molar-refractivity contribution is 8.14. The number of thioether (sulfide) groups is 1. The van der Waals surface area contributed by atoms with E-state index in [1.807, 2.05) is 0 Å². The van der Waals surface area contributed by atoms with E-state index in [0.717, 1.165) is 24.6 Å². The highest BCUT2D eigenvalue weighted by Crippen LogP contribution is 2.27. The highest BCUT2D eigenvalue weighted by atomic mass is 32.2. The molecule has 1 amide bonds. The van der Waals surface area contributed by atoms with Gasteiger partial charge in [0.2, 0.25) is 0 Å². The normalized spacial score (nSPS) is 22.8. The van der Waals surface area contributed by atoms with E-state index < -0.39 is 6.09 Å². The molecule has 1 fully saturated rings. The topological polar surface area (TPSA) is 57.6 Å². The molecule has 0 aromatic heterocycles. The second kappa shape index (κ2) is 3.80. The lowest BCUT2D eigenvalue weighted by Crippen LogP contribution is -2.32. The summed E-state index contributed by atoms with van der Waals surface area (Å²) in [6.07, 6.45) is 0.722.